The van der Waals surface area contributed by atoms with Gasteiger partial charge in [0, 0.05) is 17.8 Å². The van der Waals surface area contributed by atoms with E-state index in [1.54, 1.807) is 74.5 Å². The predicted octanol–water partition coefficient (Wildman–Crippen LogP) is 5.80. The van der Waals surface area contributed by atoms with Gasteiger partial charge in [-0.15, -0.1) is 0 Å². The lowest BCUT2D eigenvalue weighted by Crippen LogP contribution is -2.40. The number of amides is 1. The fourth-order valence-corrected chi connectivity index (χ4v) is 6.17. The molecule has 0 saturated heterocycles. The first-order chi connectivity index (χ1) is 21.1. The Bertz CT molecular complexity index is 2160. The second kappa shape index (κ2) is 11.3. The molecule has 220 valence electrons. The molecule has 0 spiro atoms. The Kier molecular flexibility index (Phi) is 7.40. The number of furan rings is 1. The van der Waals surface area contributed by atoms with E-state index < -0.39 is 28.2 Å². The van der Waals surface area contributed by atoms with Crippen molar-refractivity contribution < 1.29 is 18.5 Å². The fourth-order valence-electron chi connectivity index (χ4n) is 5.15. The average Bonchev–Trinajstić information content (AvgIpc) is 3.58. The molecule has 3 heterocycles. The van der Waals surface area contributed by atoms with Gasteiger partial charge in [-0.3, -0.25) is 24.3 Å². The van der Waals surface area contributed by atoms with Gasteiger partial charge in [0.15, 0.2) is 4.80 Å². The number of aromatic nitrogens is 1. The third-order valence-electron chi connectivity index (χ3n) is 7.46. The number of anilines is 1. The van der Waals surface area contributed by atoms with E-state index in [2.05, 4.69) is 10.3 Å². The van der Waals surface area contributed by atoms with Crippen molar-refractivity contribution in [1.29, 1.82) is 0 Å². The van der Waals surface area contributed by atoms with Gasteiger partial charge in [0.05, 0.1) is 32.3 Å². The zero-order valence-electron chi connectivity index (χ0n) is 23.8. The molecule has 5 aromatic rings. The van der Waals surface area contributed by atoms with E-state index in [-0.39, 0.29) is 15.8 Å². The van der Waals surface area contributed by atoms with Crippen LogP contribution in [0.15, 0.2) is 104 Å². The number of nitrogens with one attached hydrogen (secondary N) is 1. The number of nitro groups is 1. The highest BCUT2D eigenvalue weighted by Crippen LogP contribution is 2.34. The zero-order chi connectivity index (χ0) is 31.1. The molecule has 6 rings (SSSR count). The van der Waals surface area contributed by atoms with Crippen LogP contribution in [0, 0.1) is 29.8 Å². The molecule has 0 bridgehead atoms. The summed E-state index contributed by atoms with van der Waals surface area (Å²) in [4.78, 5) is 43.8. The van der Waals surface area contributed by atoms with Gasteiger partial charge >= 0.3 is 0 Å². The number of rotatable bonds is 6. The molecule has 44 heavy (non-hydrogen) atoms. The van der Waals surface area contributed by atoms with Crippen molar-refractivity contribution in [3.05, 3.63) is 148 Å². The summed E-state index contributed by atoms with van der Waals surface area (Å²) in [5.74, 6) is -0.283. The molecule has 0 saturated carbocycles. The molecule has 9 nitrogen and oxygen atoms in total. The summed E-state index contributed by atoms with van der Waals surface area (Å²) in [7, 11) is 0. The second-order valence-electron chi connectivity index (χ2n) is 10.4. The Balaban J connectivity index is 1.45. The van der Waals surface area contributed by atoms with Crippen LogP contribution in [0.3, 0.4) is 0 Å². The average molecular weight is 609 g/mol. The van der Waals surface area contributed by atoms with Crippen LogP contribution < -0.4 is 20.2 Å². The third kappa shape index (κ3) is 5.29. The number of aryl methyl sites for hydroxylation is 2. The summed E-state index contributed by atoms with van der Waals surface area (Å²) in [6, 6.07) is 20.2. The Morgan fingerprint density at radius 1 is 1.05 bits per heavy atom. The van der Waals surface area contributed by atoms with Crippen LogP contribution in [0.4, 0.5) is 15.8 Å². The summed E-state index contributed by atoms with van der Waals surface area (Å²) in [6.45, 7) is 5.36. The molecule has 1 atom stereocenters. The Morgan fingerprint density at radius 2 is 1.75 bits per heavy atom. The number of nitro benzene ring substituents is 1. The first-order valence-corrected chi connectivity index (χ1v) is 14.4. The molecule has 1 N–H and O–H groups in total. The minimum absolute atomic E-state index is 0.0792. The van der Waals surface area contributed by atoms with Crippen LogP contribution in [0.2, 0.25) is 0 Å². The van der Waals surface area contributed by atoms with Crippen molar-refractivity contribution in [2.45, 2.75) is 26.8 Å². The number of hydrogen-bond donors (Lipinski definition) is 1. The molecule has 3 aromatic carbocycles. The lowest BCUT2D eigenvalue weighted by molar-refractivity contribution is -0.384. The van der Waals surface area contributed by atoms with Gasteiger partial charge in [-0.1, -0.05) is 41.7 Å². The highest BCUT2D eigenvalue weighted by atomic mass is 32.1. The summed E-state index contributed by atoms with van der Waals surface area (Å²) >= 11 is 1.12. The number of allylic oxidation sites excluding steroid dienone is 1. The van der Waals surface area contributed by atoms with Crippen molar-refractivity contribution in [2.24, 2.45) is 4.99 Å². The predicted molar refractivity (Wildman–Crippen MR) is 166 cm³/mol. The van der Waals surface area contributed by atoms with E-state index in [1.165, 1.54) is 22.8 Å². The lowest BCUT2D eigenvalue weighted by Gasteiger charge is -2.25. The molecule has 1 aliphatic rings. The van der Waals surface area contributed by atoms with Crippen LogP contribution in [-0.4, -0.2) is 15.4 Å². The molecule has 1 amide bonds. The van der Waals surface area contributed by atoms with E-state index in [1.807, 2.05) is 13.0 Å². The fraction of sp³-hybridized carbons (Fsp3) is 0.121. The number of benzene rings is 3. The van der Waals surface area contributed by atoms with E-state index >= 15 is 0 Å². The van der Waals surface area contributed by atoms with E-state index in [0.717, 1.165) is 22.5 Å². The first-order valence-electron chi connectivity index (χ1n) is 13.6. The summed E-state index contributed by atoms with van der Waals surface area (Å²) in [6.07, 6.45) is 1.55. The molecule has 1 aliphatic heterocycles. The van der Waals surface area contributed by atoms with Gasteiger partial charge in [0.25, 0.3) is 17.2 Å². The molecular formula is C33H25FN4O5S. The number of halogens is 1. The van der Waals surface area contributed by atoms with E-state index in [0.29, 0.717) is 38.8 Å². The molecule has 2 aromatic heterocycles. The molecule has 0 radical (unpaired) electrons. The standard InChI is InChI=1S/C33H25FN4O5S/c1-18-15-25(26(38(41)42)16-19(18)2)27-14-13-24(43-27)17-28-32(40)37-30(21-9-11-22(34)12-10-21)29(20(3)35-33(37)44-28)31(39)36-23-7-5-4-6-8-23/h4-17,30H,1-3H3,(H,36,39)/b28-17+. The quantitative estimate of drug-likeness (QED) is 0.193. The van der Waals surface area contributed by atoms with Gasteiger partial charge in [-0.25, -0.2) is 9.38 Å². The van der Waals surface area contributed by atoms with Gasteiger partial charge in [-0.2, -0.15) is 0 Å². The molecule has 0 aliphatic carbocycles. The highest BCUT2D eigenvalue weighted by Gasteiger charge is 2.32. The van der Waals surface area contributed by atoms with Crippen LogP contribution >= 0.6 is 11.3 Å². The van der Waals surface area contributed by atoms with E-state index in [9.17, 15) is 24.1 Å². The maximum Gasteiger partial charge on any atom is 0.280 e. The molecule has 11 heteroatoms. The number of hydrogen-bond acceptors (Lipinski definition) is 7. The van der Waals surface area contributed by atoms with Crippen LogP contribution in [0.25, 0.3) is 17.4 Å². The summed E-state index contributed by atoms with van der Waals surface area (Å²) in [5, 5.41) is 14.6. The Hall–Kier alpha value is -5.42. The second-order valence-corrected chi connectivity index (χ2v) is 11.4. The third-order valence-corrected chi connectivity index (χ3v) is 8.44. The van der Waals surface area contributed by atoms with Gasteiger partial charge in [0.1, 0.15) is 17.3 Å². The SMILES string of the molecule is CC1=C(C(=O)Nc2ccccc2)C(c2ccc(F)cc2)n2c(s/c(=C/c3ccc(-c4cc(C)c(C)cc4[N+](=O)[O-])o3)c2=O)=N1. The normalized spacial score (nSPS) is 14.7. The Labute approximate surface area is 254 Å². The number of carbonyl (C=O) groups is 1. The van der Waals surface area contributed by atoms with Crippen LogP contribution in [0.5, 0.6) is 0 Å². The Morgan fingerprint density at radius 3 is 2.45 bits per heavy atom. The lowest BCUT2D eigenvalue weighted by atomic mass is 9.95. The summed E-state index contributed by atoms with van der Waals surface area (Å²) < 4.78 is 21.6. The van der Waals surface area contributed by atoms with Gasteiger partial charge in [0.2, 0.25) is 0 Å². The monoisotopic (exact) mass is 608 g/mol. The van der Waals surface area contributed by atoms with Crippen molar-refractivity contribution in [2.75, 3.05) is 5.32 Å². The summed E-state index contributed by atoms with van der Waals surface area (Å²) in [5.41, 5.74) is 3.28. The van der Waals surface area contributed by atoms with Gasteiger partial charge < -0.3 is 9.73 Å². The number of fused-ring (bicyclic) bond motifs is 1. The van der Waals surface area contributed by atoms with Crippen molar-refractivity contribution >= 4 is 34.7 Å². The van der Waals surface area contributed by atoms with Crippen LogP contribution in [0.1, 0.15) is 35.4 Å². The van der Waals surface area contributed by atoms with Crippen molar-refractivity contribution in [3.63, 3.8) is 0 Å². The number of para-hydroxylation sites is 1. The molecule has 0 fully saturated rings. The number of nitrogens with zero attached hydrogens (tertiary/aromatic N) is 3. The number of carbonyl (C=O) groups excluding carboxylic acids is 1. The maximum absolute atomic E-state index is 13.9. The minimum Gasteiger partial charge on any atom is -0.456 e. The minimum atomic E-state index is -0.872. The van der Waals surface area contributed by atoms with Crippen molar-refractivity contribution in [3.8, 4) is 11.3 Å². The first kappa shape index (κ1) is 28.7. The largest absolute Gasteiger partial charge is 0.456 e. The van der Waals surface area contributed by atoms with Gasteiger partial charge in [-0.05, 0) is 79.9 Å². The van der Waals surface area contributed by atoms with E-state index in [4.69, 9.17) is 4.42 Å². The van der Waals surface area contributed by atoms with Crippen LogP contribution in [-0.2, 0) is 4.79 Å². The maximum atomic E-state index is 13.9. The smallest absolute Gasteiger partial charge is 0.280 e. The molecular weight excluding hydrogens is 583 g/mol. The number of thiazole rings is 1. The highest BCUT2D eigenvalue weighted by molar-refractivity contribution is 7.07. The zero-order valence-corrected chi connectivity index (χ0v) is 24.6. The topological polar surface area (TPSA) is 120 Å². The van der Waals surface area contributed by atoms with Crippen molar-refractivity contribution in [1.82, 2.24) is 4.57 Å². The molecule has 1 unspecified atom stereocenters.